The molecular formula is C23H40O8Si3. The van der Waals surface area contributed by atoms with E-state index < -0.39 is 70.5 Å². The second-order valence-corrected chi connectivity index (χ2v) is 27.3. The highest BCUT2D eigenvalue weighted by Gasteiger charge is 2.77. The molecule has 4 rings (SSSR count). The van der Waals surface area contributed by atoms with Gasteiger partial charge in [-0.25, -0.2) is 0 Å². The number of carbonyl (C=O) groups excluding carboxylic acids is 3. The van der Waals surface area contributed by atoms with Crippen LogP contribution >= 0.6 is 0 Å². The Morgan fingerprint density at radius 3 is 0.882 bits per heavy atom. The minimum Gasteiger partial charge on any atom is -0.519 e. The van der Waals surface area contributed by atoms with E-state index in [1.165, 1.54) is 0 Å². The highest BCUT2D eigenvalue weighted by molar-refractivity contribution is 6.72. The lowest BCUT2D eigenvalue weighted by molar-refractivity contribution is -0.227. The number of carboxylic acids is 1. The van der Waals surface area contributed by atoms with Crippen molar-refractivity contribution in [2.75, 3.05) is 0 Å². The van der Waals surface area contributed by atoms with Crippen molar-refractivity contribution >= 4 is 48.8 Å². The molecule has 0 aromatic carbocycles. The third-order valence-corrected chi connectivity index (χ3v) is 9.40. The van der Waals surface area contributed by atoms with Crippen LogP contribution in [-0.4, -0.2) is 53.9 Å². The average molecular weight is 529 g/mol. The Morgan fingerprint density at radius 1 is 0.500 bits per heavy atom. The Labute approximate surface area is 205 Å². The van der Waals surface area contributed by atoms with Gasteiger partial charge in [-0.1, -0.05) is 0 Å². The van der Waals surface area contributed by atoms with E-state index in [1.807, 2.05) is 58.9 Å². The van der Waals surface area contributed by atoms with Crippen LogP contribution in [0.4, 0.5) is 0 Å². The Hall–Kier alpha value is -1.47. The number of carboxylic acid groups (broad SMARTS) is 1. The van der Waals surface area contributed by atoms with Crippen molar-refractivity contribution in [3.63, 3.8) is 0 Å². The number of rotatable bonds is 7. The highest BCUT2D eigenvalue weighted by atomic mass is 28.4. The predicted molar refractivity (Wildman–Crippen MR) is 133 cm³/mol. The molecule has 34 heavy (non-hydrogen) atoms. The zero-order chi connectivity index (χ0) is 26.2. The molecule has 11 heteroatoms. The van der Waals surface area contributed by atoms with Crippen LogP contribution in [0.15, 0.2) is 0 Å². The van der Waals surface area contributed by atoms with Gasteiger partial charge in [-0.3, -0.25) is 19.2 Å². The van der Waals surface area contributed by atoms with Gasteiger partial charge < -0.3 is 18.4 Å². The number of hydrogen-bond acceptors (Lipinski definition) is 7. The maximum Gasteiger partial charge on any atom is 0.309 e. The van der Waals surface area contributed by atoms with Gasteiger partial charge in [-0.15, -0.1) is 0 Å². The molecule has 4 fully saturated rings. The monoisotopic (exact) mass is 528 g/mol. The van der Waals surface area contributed by atoms with Crippen LogP contribution in [-0.2, 0) is 32.5 Å². The molecular weight excluding hydrogens is 489 g/mol. The van der Waals surface area contributed by atoms with E-state index in [0.29, 0.717) is 0 Å². The van der Waals surface area contributed by atoms with Gasteiger partial charge in [0.1, 0.15) is 0 Å². The SMILES string of the molecule is C[Si](C)(C)OC(=O)C12CC3(C(=O)O)CC(C(=O)O[Si](C)(C)C)(C1)CC(C(=O)O[Si](C)(C)C)(C3)C2. The lowest BCUT2D eigenvalue weighted by Crippen LogP contribution is -2.69. The first kappa shape index (κ1) is 27.1. The summed E-state index contributed by atoms with van der Waals surface area (Å²) in [6, 6.07) is 0. The first-order valence-electron chi connectivity index (χ1n) is 12.0. The fraction of sp³-hybridized carbons (Fsp3) is 0.826. The summed E-state index contributed by atoms with van der Waals surface area (Å²) in [5.74, 6) is -2.52. The molecule has 0 heterocycles. The van der Waals surface area contributed by atoms with Crippen molar-refractivity contribution in [1.29, 1.82) is 0 Å². The Bertz CT molecular complexity index is 809. The molecule has 4 aliphatic carbocycles. The van der Waals surface area contributed by atoms with Crippen molar-refractivity contribution in [2.45, 2.75) is 97.4 Å². The molecule has 0 aromatic rings. The Morgan fingerprint density at radius 2 is 0.706 bits per heavy atom. The fourth-order valence-corrected chi connectivity index (χ4v) is 8.99. The second-order valence-electron chi connectivity index (χ2n) is 14.0. The number of carbonyl (C=O) groups is 4. The topological polar surface area (TPSA) is 116 Å². The van der Waals surface area contributed by atoms with Crippen LogP contribution in [0.2, 0.25) is 58.9 Å². The van der Waals surface area contributed by atoms with Crippen molar-refractivity contribution in [3.05, 3.63) is 0 Å². The lowest BCUT2D eigenvalue weighted by Gasteiger charge is -2.66. The molecule has 192 valence electrons. The van der Waals surface area contributed by atoms with Gasteiger partial charge in [0, 0.05) is 0 Å². The van der Waals surface area contributed by atoms with Crippen LogP contribution in [0.1, 0.15) is 38.5 Å². The van der Waals surface area contributed by atoms with Crippen molar-refractivity contribution < 1.29 is 37.6 Å². The first-order valence-corrected chi connectivity index (χ1v) is 22.2. The maximum absolute atomic E-state index is 13.7. The van der Waals surface area contributed by atoms with Gasteiger partial charge in [-0.05, 0) is 97.4 Å². The normalized spacial score (nSPS) is 35.0. The van der Waals surface area contributed by atoms with E-state index in [4.69, 9.17) is 13.3 Å². The molecule has 0 aromatic heterocycles. The van der Waals surface area contributed by atoms with E-state index in [9.17, 15) is 24.3 Å². The zero-order valence-electron chi connectivity index (χ0n) is 22.0. The summed E-state index contributed by atoms with van der Waals surface area (Å²) in [6.45, 7) is 17.0. The minimum atomic E-state index is -2.32. The van der Waals surface area contributed by atoms with Gasteiger partial charge in [0.05, 0.1) is 21.7 Å². The van der Waals surface area contributed by atoms with Gasteiger partial charge >= 0.3 is 5.97 Å². The summed E-state index contributed by atoms with van der Waals surface area (Å²) in [7, 11) is -6.96. The highest BCUT2D eigenvalue weighted by Crippen LogP contribution is 2.75. The molecule has 4 bridgehead atoms. The van der Waals surface area contributed by atoms with E-state index >= 15 is 0 Å². The molecule has 4 saturated carbocycles. The standard InChI is InChI=1S/C23H40O8Si3/c1-32(2,3)29-17(26)21-10-20(16(24)25)11-22(13-21,18(27)30-33(4,5)6)15-23(12-20,14-21)19(28)31-34(7,8)9/h10-15H2,1-9H3,(H,24,25). The van der Waals surface area contributed by atoms with Crippen molar-refractivity contribution in [3.8, 4) is 0 Å². The predicted octanol–water partition coefficient (Wildman–Crippen LogP) is 4.53. The second kappa shape index (κ2) is 7.76. The Balaban J connectivity index is 2.20. The molecule has 0 aliphatic heterocycles. The number of hydrogen-bond donors (Lipinski definition) is 1. The molecule has 1 N–H and O–H groups in total. The quantitative estimate of drug-likeness (QED) is 0.479. The summed E-state index contributed by atoms with van der Waals surface area (Å²) in [5.41, 5.74) is -5.08. The molecule has 8 nitrogen and oxygen atoms in total. The summed E-state index contributed by atoms with van der Waals surface area (Å²) in [4.78, 5) is 53.9. The van der Waals surface area contributed by atoms with E-state index in [2.05, 4.69) is 0 Å². The first-order chi connectivity index (χ1) is 15.1. The van der Waals surface area contributed by atoms with Crippen LogP contribution < -0.4 is 0 Å². The van der Waals surface area contributed by atoms with Gasteiger partial charge in [0.2, 0.25) is 25.0 Å². The zero-order valence-corrected chi connectivity index (χ0v) is 25.0. The molecule has 0 radical (unpaired) electrons. The summed E-state index contributed by atoms with van der Waals surface area (Å²) in [5, 5.41) is 10.4. The smallest absolute Gasteiger partial charge is 0.309 e. The van der Waals surface area contributed by atoms with Crippen molar-refractivity contribution in [1.82, 2.24) is 0 Å². The fourth-order valence-electron chi connectivity index (χ4n) is 6.67. The molecule has 4 aliphatic rings. The van der Waals surface area contributed by atoms with Crippen LogP contribution in [0, 0.1) is 21.7 Å². The third-order valence-electron chi connectivity index (χ3n) is 7.01. The third kappa shape index (κ3) is 4.92. The lowest BCUT2D eigenvalue weighted by atomic mass is 9.35. The molecule has 0 saturated heterocycles. The Kier molecular flexibility index (Phi) is 6.19. The minimum absolute atomic E-state index is 0.0720. The molecule has 0 atom stereocenters. The van der Waals surface area contributed by atoms with E-state index in [0.717, 1.165) is 0 Å². The summed E-state index contributed by atoms with van der Waals surface area (Å²) >= 11 is 0. The van der Waals surface area contributed by atoms with Crippen LogP contribution in [0.5, 0.6) is 0 Å². The molecule has 0 spiro atoms. The van der Waals surface area contributed by atoms with Gasteiger partial charge in [0.15, 0.2) is 0 Å². The van der Waals surface area contributed by atoms with Gasteiger partial charge in [-0.2, -0.15) is 0 Å². The van der Waals surface area contributed by atoms with Crippen molar-refractivity contribution in [2.24, 2.45) is 21.7 Å². The molecule has 0 unspecified atom stereocenters. The number of aliphatic carboxylic acids is 1. The largest absolute Gasteiger partial charge is 0.519 e. The summed E-state index contributed by atoms with van der Waals surface area (Å²) in [6.07, 6.45) is 0.685. The van der Waals surface area contributed by atoms with E-state index in [-0.39, 0.29) is 38.5 Å². The van der Waals surface area contributed by atoms with Gasteiger partial charge in [0.25, 0.3) is 17.9 Å². The average Bonchev–Trinajstić information content (AvgIpc) is 2.56. The molecule has 0 amide bonds. The van der Waals surface area contributed by atoms with Crippen LogP contribution in [0.25, 0.3) is 0 Å². The maximum atomic E-state index is 13.7. The van der Waals surface area contributed by atoms with Crippen LogP contribution in [0.3, 0.4) is 0 Å². The summed E-state index contributed by atoms with van der Waals surface area (Å²) < 4.78 is 17.8. The van der Waals surface area contributed by atoms with E-state index in [1.54, 1.807) is 0 Å².